The quantitative estimate of drug-likeness (QED) is 0.897. The Bertz CT molecular complexity index is 467. The van der Waals surface area contributed by atoms with Gasteiger partial charge in [0.15, 0.2) is 0 Å². The Morgan fingerprint density at radius 1 is 1.45 bits per heavy atom. The van der Waals surface area contributed by atoms with Crippen LogP contribution in [0.25, 0.3) is 0 Å². The van der Waals surface area contributed by atoms with Gasteiger partial charge in [-0.15, -0.1) is 0 Å². The zero-order valence-corrected chi connectivity index (χ0v) is 12.6. The Hall–Kier alpha value is -1.06. The van der Waals surface area contributed by atoms with Crippen LogP contribution >= 0.6 is 11.6 Å². The largest absolute Gasteiger partial charge is 0.394 e. The predicted octanol–water partition coefficient (Wildman–Crippen LogP) is 2.94. The number of hydrogen-bond donors (Lipinski definition) is 2. The summed E-state index contributed by atoms with van der Waals surface area (Å²) in [5.41, 5.74) is 0.467. The summed E-state index contributed by atoms with van der Waals surface area (Å²) in [6.07, 6.45) is 4.12. The molecule has 0 radical (unpaired) electrons. The van der Waals surface area contributed by atoms with Crippen molar-refractivity contribution in [2.75, 3.05) is 6.61 Å². The van der Waals surface area contributed by atoms with Gasteiger partial charge >= 0.3 is 0 Å². The summed E-state index contributed by atoms with van der Waals surface area (Å²) in [4.78, 5) is 12.2. The van der Waals surface area contributed by atoms with E-state index in [2.05, 4.69) is 12.2 Å². The first kappa shape index (κ1) is 15.3. The monoisotopic (exact) mass is 295 g/mol. The molecule has 1 aromatic carbocycles. The van der Waals surface area contributed by atoms with Crippen LogP contribution in [0.2, 0.25) is 5.02 Å². The highest BCUT2D eigenvalue weighted by Crippen LogP contribution is 2.31. The van der Waals surface area contributed by atoms with Crippen molar-refractivity contribution in [1.29, 1.82) is 0 Å². The first-order valence-electron chi connectivity index (χ1n) is 7.19. The van der Waals surface area contributed by atoms with E-state index in [0.717, 1.165) is 31.2 Å². The number of rotatable bonds is 4. The Kier molecular flexibility index (Phi) is 5.06. The van der Waals surface area contributed by atoms with E-state index in [-0.39, 0.29) is 12.5 Å². The molecule has 1 fully saturated rings. The highest BCUT2D eigenvalue weighted by atomic mass is 35.5. The normalized spacial score (nSPS) is 26.2. The average molecular weight is 296 g/mol. The second-order valence-corrected chi connectivity index (χ2v) is 6.41. The second-order valence-electron chi connectivity index (χ2n) is 5.98. The molecule has 0 aliphatic heterocycles. The molecular formula is C16H22ClNO2. The van der Waals surface area contributed by atoms with Gasteiger partial charge in [-0.05, 0) is 49.3 Å². The smallest absolute Gasteiger partial charge is 0.224 e. The van der Waals surface area contributed by atoms with Gasteiger partial charge in [-0.2, -0.15) is 0 Å². The number of hydrogen-bond acceptors (Lipinski definition) is 2. The van der Waals surface area contributed by atoms with Gasteiger partial charge in [-0.25, -0.2) is 0 Å². The molecule has 1 amide bonds. The summed E-state index contributed by atoms with van der Waals surface area (Å²) >= 11 is 5.92. The molecule has 1 saturated carbocycles. The predicted molar refractivity (Wildman–Crippen MR) is 80.7 cm³/mol. The molecule has 0 aromatic heterocycles. The third-order valence-electron chi connectivity index (χ3n) is 4.19. The highest BCUT2D eigenvalue weighted by Gasteiger charge is 2.34. The standard InChI is InChI=1S/C16H22ClNO2/c1-12-5-7-16(11-19,8-6-12)18-15(20)10-13-3-2-4-14(17)9-13/h2-4,9,12,19H,5-8,10-11H2,1H3,(H,18,20). The summed E-state index contributed by atoms with van der Waals surface area (Å²) in [6.45, 7) is 2.23. The summed E-state index contributed by atoms with van der Waals surface area (Å²) in [7, 11) is 0. The van der Waals surface area contributed by atoms with Gasteiger partial charge in [0, 0.05) is 5.02 Å². The zero-order chi connectivity index (χ0) is 14.6. The van der Waals surface area contributed by atoms with Gasteiger partial charge in [0.25, 0.3) is 0 Å². The second kappa shape index (κ2) is 6.59. The molecule has 4 heteroatoms. The van der Waals surface area contributed by atoms with Crippen molar-refractivity contribution in [1.82, 2.24) is 5.32 Å². The minimum Gasteiger partial charge on any atom is -0.394 e. The molecule has 0 atom stereocenters. The molecular weight excluding hydrogens is 274 g/mol. The van der Waals surface area contributed by atoms with Crippen LogP contribution in [0.5, 0.6) is 0 Å². The lowest BCUT2D eigenvalue weighted by atomic mass is 9.77. The lowest BCUT2D eigenvalue weighted by Gasteiger charge is -2.38. The lowest BCUT2D eigenvalue weighted by molar-refractivity contribution is -0.123. The molecule has 110 valence electrons. The molecule has 0 unspecified atom stereocenters. The molecule has 0 spiro atoms. The Labute approximate surface area is 125 Å². The molecule has 0 heterocycles. The Morgan fingerprint density at radius 2 is 2.15 bits per heavy atom. The van der Waals surface area contributed by atoms with Gasteiger partial charge in [0.2, 0.25) is 5.91 Å². The van der Waals surface area contributed by atoms with Crippen molar-refractivity contribution < 1.29 is 9.90 Å². The van der Waals surface area contributed by atoms with Gasteiger partial charge in [0.05, 0.1) is 18.6 Å². The number of benzene rings is 1. The van der Waals surface area contributed by atoms with Crippen molar-refractivity contribution in [2.45, 2.75) is 44.6 Å². The molecule has 0 saturated heterocycles. The number of nitrogens with one attached hydrogen (secondary N) is 1. The van der Waals surface area contributed by atoms with Crippen LogP contribution in [-0.4, -0.2) is 23.2 Å². The van der Waals surface area contributed by atoms with Crippen molar-refractivity contribution in [3.8, 4) is 0 Å². The summed E-state index contributed by atoms with van der Waals surface area (Å²) in [5, 5.41) is 13.3. The van der Waals surface area contributed by atoms with E-state index < -0.39 is 5.54 Å². The van der Waals surface area contributed by atoms with Crippen LogP contribution in [0, 0.1) is 5.92 Å². The number of aliphatic hydroxyl groups is 1. The Morgan fingerprint density at radius 3 is 2.75 bits per heavy atom. The third kappa shape index (κ3) is 3.97. The number of aliphatic hydroxyl groups excluding tert-OH is 1. The van der Waals surface area contributed by atoms with Gasteiger partial charge < -0.3 is 10.4 Å². The van der Waals surface area contributed by atoms with Crippen molar-refractivity contribution in [2.24, 2.45) is 5.92 Å². The number of amides is 1. The van der Waals surface area contributed by atoms with Crippen LogP contribution < -0.4 is 5.32 Å². The zero-order valence-electron chi connectivity index (χ0n) is 11.9. The number of halogens is 1. The van der Waals surface area contributed by atoms with Gasteiger partial charge in [-0.1, -0.05) is 30.7 Å². The lowest BCUT2D eigenvalue weighted by Crippen LogP contribution is -2.53. The molecule has 0 bridgehead atoms. The van der Waals surface area contributed by atoms with E-state index in [1.807, 2.05) is 12.1 Å². The molecule has 3 nitrogen and oxygen atoms in total. The minimum absolute atomic E-state index is 0.0149. The number of carbonyl (C=O) groups excluding carboxylic acids is 1. The topological polar surface area (TPSA) is 49.3 Å². The van der Waals surface area contributed by atoms with Crippen LogP contribution in [0.3, 0.4) is 0 Å². The van der Waals surface area contributed by atoms with Crippen LogP contribution in [0.15, 0.2) is 24.3 Å². The Balaban J connectivity index is 1.96. The van der Waals surface area contributed by atoms with E-state index in [1.165, 1.54) is 0 Å². The molecule has 1 aliphatic rings. The van der Waals surface area contributed by atoms with E-state index in [9.17, 15) is 9.90 Å². The highest BCUT2D eigenvalue weighted by molar-refractivity contribution is 6.30. The number of carbonyl (C=O) groups is 1. The van der Waals surface area contributed by atoms with Crippen molar-refractivity contribution in [3.63, 3.8) is 0 Å². The van der Waals surface area contributed by atoms with Crippen molar-refractivity contribution in [3.05, 3.63) is 34.9 Å². The van der Waals surface area contributed by atoms with Crippen LogP contribution in [0.1, 0.15) is 38.2 Å². The molecule has 2 N–H and O–H groups in total. The summed E-state index contributed by atoms with van der Waals surface area (Å²) in [6, 6.07) is 7.32. The van der Waals surface area contributed by atoms with E-state index in [1.54, 1.807) is 12.1 Å². The third-order valence-corrected chi connectivity index (χ3v) is 4.43. The summed E-state index contributed by atoms with van der Waals surface area (Å²) in [5.74, 6) is 0.635. The molecule has 2 rings (SSSR count). The van der Waals surface area contributed by atoms with Gasteiger partial charge in [-0.3, -0.25) is 4.79 Å². The average Bonchev–Trinajstić information content (AvgIpc) is 2.41. The minimum atomic E-state index is -0.428. The SMILES string of the molecule is CC1CCC(CO)(NC(=O)Cc2cccc(Cl)c2)CC1. The van der Waals surface area contributed by atoms with Crippen LogP contribution in [-0.2, 0) is 11.2 Å². The van der Waals surface area contributed by atoms with Crippen LogP contribution in [0.4, 0.5) is 0 Å². The van der Waals surface area contributed by atoms with E-state index in [4.69, 9.17) is 11.6 Å². The summed E-state index contributed by atoms with van der Waals surface area (Å²) < 4.78 is 0. The first-order valence-corrected chi connectivity index (χ1v) is 7.57. The maximum atomic E-state index is 12.2. The fourth-order valence-corrected chi connectivity index (χ4v) is 3.02. The maximum absolute atomic E-state index is 12.2. The maximum Gasteiger partial charge on any atom is 0.224 e. The fraction of sp³-hybridized carbons (Fsp3) is 0.562. The molecule has 1 aromatic rings. The molecule has 1 aliphatic carbocycles. The van der Waals surface area contributed by atoms with Crippen molar-refractivity contribution >= 4 is 17.5 Å². The first-order chi connectivity index (χ1) is 9.53. The van der Waals surface area contributed by atoms with Gasteiger partial charge in [0.1, 0.15) is 0 Å². The fourth-order valence-electron chi connectivity index (χ4n) is 2.81. The van der Waals surface area contributed by atoms with E-state index in [0.29, 0.717) is 17.4 Å². The van der Waals surface area contributed by atoms with E-state index >= 15 is 0 Å². The molecule has 20 heavy (non-hydrogen) atoms.